The Balaban J connectivity index is 1.21. The van der Waals surface area contributed by atoms with Crippen LogP contribution in [0, 0.1) is 34.9 Å². The largest absolute Gasteiger partial charge is 0.454 e. The Morgan fingerprint density at radius 2 is 1.76 bits per heavy atom. The van der Waals surface area contributed by atoms with E-state index < -0.39 is 60.9 Å². The highest BCUT2D eigenvalue weighted by Gasteiger charge is 2.89. The van der Waals surface area contributed by atoms with E-state index in [0.717, 1.165) is 12.1 Å². The maximum Gasteiger partial charge on any atom is 0.340 e. The molecule has 0 radical (unpaired) electrons. The molecule has 8 rings (SSSR count). The number of esters is 1. The molecular formula is C36H45FN2O9S. The molecule has 2 aromatic carbocycles. The number of piperidine rings is 1. The van der Waals surface area contributed by atoms with Crippen LogP contribution in [-0.4, -0.2) is 105 Å². The van der Waals surface area contributed by atoms with Gasteiger partial charge in [0.15, 0.2) is 0 Å². The zero-order valence-electron chi connectivity index (χ0n) is 28.2. The van der Waals surface area contributed by atoms with Crippen molar-refractivity contribution in [2.75, 3.05) is 39.1 Å². The summed E-state index contributed by atoms with van der Waals surface area (Å²) < 4.78 is 68.6. The number of fused-ring (bicyclic) bond motifs is 2. The van der Waals surface area contributed by atoms with Crippen molar-refractivity contribution < 1.29 is 46.8 Å². The van der Waals surface area contributed by atoms with Crippen LogP contribution in [0.25, 0.3) is 0 Å². The number of sulfonamides is 1. The van der Waals surface area contributed by atoms with Crippen LogP contribution in [-0.2, 0) is 29.0 Å². The van der Waals surface area contributed by atoms with Crippen LogP contribution >= 0.6 is 0 Å². The third kappa shape index (κ3) is 4.09. The fraction of sp³-hybridized carbons (Fsp3) is 0.639. The number of rotatable bonds is 9. The van der Waals surface area contributed by atoms with Gasteiger partial charge in [-0.2, -0.15) is 0 Å². The molecule has 2 aromatic rings. The second-order valence-corrected chi connectivity index (χ2v) is 16.7. The molecule has 13 heteroatoms. The molecule has 7 bridgehead atoms. The van der Waals surface area contributed by atoms with Crippen LogP contribution in [0.3, 0.4) is 0 Å². The second-order valence-electron chi connectivity index (χ2n) is 15.0. The van der Waals surface area contributed by atoms with Gasteiger partial charge in [-0.05, 0) is 56.5 Å². The number of carbonyl (C=O) groups is 1. The first-order valence-electron chi connectivity index (χ1n) is 17.2. The molecule has 1 unspecified atom stereocenters. The van der Waals surface area contributed by atoms with Crippen molar-refractivity contribution in [3.63, 3.8) is 0 Å². The molecule has 49 heavy (non-hydrogen) atoms. The zero-order valence-corrected chi connectivity index (χ0v) is 29.0. The van der Waals surface area contributed by atoms with E-state index in [1.807, 2.05) is 0 Å². The highest BCUT2D eigenvalue weighted by atomic mass is 32.2. The zero-order chi connectivity index (χ0) is 34.7. The SMILES string of the molecule is CCN1C[C@]2(OC(=O)c3ccccc3NS(=O)(=O)c3ccccc3F)CC[C@H](OC)[C@]34C1[C@H](C[C@H]23)[C@@]1(O)C[C@H](OC)[C@H]2C[C@@H]4[C@]1(O)[C@H]2OC. The molecule has 11 nitrogen and oxygen atoms in total. The maximum absolute atomic E-state index is 14.5. The minimum atomic E-state index is -4.37. The summed E-state index contributed by atoms with van der Waals surface area (Å²) in [5, 5.41) is 25.8. The molecule has 6 aliphatic rings. The van der Waals surface area contributed by atoms with Gasteiger partial charge < -0.3 is 29.2 Å². The molecule has 5 saturated carbocycles. The molecule has 1 heterocycles. The van der Waals surface area contributed by atoms with E-state index in [-0.39, 0.29) is 53.7 Å². The van der Waals surface area contributed by atoms with Gasteiger partial charge in [0.1, 0.15) is 27.5 Å². The molecule has 12 atom stereocenters. The number of halogens is 1. The van der Waals surface area contributed by atoms with E-state index in [9.17, 15) is 27.8 Å². The lowest BCUT2D eigenvalue weighted by molar-refractivity contribution is -0.337. The number of ether oxygens (including phenoxy) is 4. The van der Waals surface area contributed by atoms with Crippen molar-refractivity contribution in [3.05, 3.63) is 59.9 Å². The molecule has 1 spiro atoms. The Bertz CT molecular complexity index is 1780. The van der Waals surface area contributed by atoms with E-state index in [4.69, 9.17) is 18.9 Å². The Morgan fingerprint density at radius 1 is 1.02 bits per heavy atom. The average Bonchev–Trinajstić information content (AvgIpc) is 3.51. The second kappa shape index (κ2) is 11.2. The predicted molar refractivity (Wildman–Crippen MR) is 175 cm³/mol. The monoisotopic (exact) mass is 700 g/mol. The first kappa shape index (κ1) is 33.5. The van der Waals surface area contributed by atoms with E-state index in [1.165, 1.54) is 24.3 Å². The third-order valence-electron chi connectivity index (χ3n) is 13.7. The van der Waals surface area contributed by atoms with E-state index in [0.29, 0.717) is 38.8 Å². The fourth-order valence-corrected chi connectivity index (χ4v) is 13.4. The number of hydrogen-bond acceptors (Lipinski definition) is 10. The first-order chi connectivity index (χ1) is 23.4. The fourth-order valence-electron chi connectivity index (χ4n) is 12.3. The van der Waals surface area contributed by atoms with Crippen molar-refractivity contribution in [1.29, 1.82) is 0 Å². The number of aliphatic hydroxyl groups is 2. The summed E-state index contributed by atoms with van der Waals surface area (Å²) in [5.74, 6) is -2.81. The van der Waals surface area contributed by atoms with E-state index in [1.54, 1.807) is 33.5 Å². The van der Waals surface area contributed by atoms with Crippen molar-refractivity contribution in [2.24, 2.45) is 29.1 Å². The number of methoxy groups -OCH3 is 3. The number of anilines is 1. The Morgan fingerprint density at radius 3 is 2.45 bits per heavy atom. The molecule has 0 aromatic heterocycles. The predicted octanol–water partition coefficient (Wildman–Crippen LogP) is 3.20. The quantitative estimate of drug-likeness (QED) is 0.334. The summed E-state index contributed by atoms with van der Waals surface area (Å²) in [6.45, 7) is 3.11. The highest BCUT2D eigenvalue weighted by molar-refractivity contribution is 7.92. The van der Waals surface area contributed by atoms with Crippen LogP contribution in [0.2, 0.25) is 0 Å². The summed E-state index contributed by atoms with van der Waals surface area (Å²) in [6, 6.07) is 11.1. The summed E-state index contributed by atoms with van der Waals surface area (Å²) in [6.07, 6.45) is 1.21. The molecule has 5 aliphatic carbocycles. The van der Waals surface area contributed by atoms with Gasteiger partial charge in [-0.15, -0.1) is 0 Å². The number of carbonyl (C=O) groups excluding carboxylic acids is 1. The van der Waals surface area contributed by atoms with Crippen molar-refractivity contribution in [2.45, 2.75) is 85.1 Å². The van der Waals surface area contributed by atoms with Gasteiger partial charge in [0, 0.05) is 69.4 Å². The van der Waals surface area contributed by atoms with Crippen molar-refractivity contribution >= 4 is 21.7 Å². The number of likely N-dealkylation sites (tertiary alicyclic amines) is 1. The van der Waals surface area contributed by atoms with E-state index in [2.05, 4.69) is 16.5 Å². The van der Waals surface area contributed by atoms with Crippen molar-refractivity contribution in [1.82, 2.24) is 4.90 Å². The maximum atomic E-state index is 14.5. The standard InChI is InChI=1S/C36H45FN2O9S/c1-5-39-19-33(48-32(40)20-10-6-8-12-24(20)38-49(43,44)26-13-9-7-11-23(26)37)15-14-29(46-3)35-27(33)17-22(30(35)39)34(41)18-25(45-2)21-16-28(35)36(34,42)31(21)47-4/h6-13,21-22,25,27-31,38,41-42H,5,14-19H2,1-4H3/t21-,22+,25+,27-,28+,29+,30?,31+,33-,34+,35+,36+/m1/s1. The third-order valence-corrected chi connectivity index (χ3v) is 15.1. The van der Waals surface area contributed by atoms with E-state index >= 15 is 0 Å². The van der Waals surface area contributed by atoms with Crippen LogP contribution in [0.4, 0.5) is 10.1 Å². The minimum Gasteiger partial charge on any atom is -0.454 e. The van der Waals surface area contributed by atoms with Crippen LogP contribution in [0.5, 0.6) is 0 Å². The first-order valence-corrected chi connectivity index (χ1v) is 18.7. The minimum absolute atomic E-state index is 0.00304. The summed E-state index contributed by atoms with van der Waals surface area (Å²) >= 11 is 0. The van der Waals surface area contributed by atoms with Crippen LogP contribution in [0.15, 0.2) is 53.4 Å². The summed E-state index contributed by atoms with van der Waals surface area (Å²) in [5.41, 5.74) is -4.78. The summed E-state index contributed by atoms with van der Waals surface area (Å²) in [4.78, 5) is 16.2. The lowest BCUT2D eigenvalue weighted by Crippen LogP contribution is -2.83. The Hall–Kier alpha value is -2.65. The number of hydrogen-bond donors (Lipinski definition) is 3. The number of benzene rings is 2. The van der Waals surface area contributed by atoms with Gasteiger partial charge in [0.2, 0.25) is 0 Å². The van der Waals surface area contributed by atoms with Gasteiger partial charge in [-0.1, -0.05) is 31.2 Å². The summed E-state index contributed by atoms with van der Waals surface area (Å²) in [7, 11) is 0.564. The number of para-hydroxylation sites is 1. The lowest BCUT2D eigenvalue weighted by atomic mass is 9.44. The average molecular weight is 701 g/mol. The van der Waals surface area contributed by atoms with Gasteiger partial charge in [-0.25, -0.2) is 17.6 Å². The van der Waals surface area contributed by atoms with Crippen LogP contribution in [0.1, 0.15) is 49.4 Å². The molecule has 1 aliphatic heterocycles. The number of nitrogens with one attached hydrogen (secondary N) is 1. The Labute approximate surface area is 286 Å². The van der Waals surface area contributed by atoms with Crippen LogP contribution < -0.4 is 4.72 Å². The molecule has 0 amide bonds. The number of nitrogens with zero attached hydrogens (tertiary/aromatic N) is 1. The topological polar surface area (TPSA) is 144 Å². The molecule has 1 saturated heterocycles. The number of likely N-dealkylation sites (N-methyl/N-ethyl adjacent to an activating group) is 1. The molecule has 6 fully saturated rings. The van der Waals surface area contributed by atoms with Gasteiger partial charge in [0.05, 0.1) is 29.6 Å². The van der Waals surface area contributed by atoms with Gasteiger partial charge >= 0.3 is 5.97 Å². The molecular weight excluding hydrogens is 655 g/mol. The Kier molecular flexibility index (Phi) is 7.64. The normalized spacial score (nSPS) is 43.3. The van der Waals surface area contributed by atoms with Gasteiger partial charge in [-0.3, -0.25) is 9.62 Å². The van der Waals surface area contributed by atoms with Gasteiger partial charge in [0.25, 0.3) is 10.0 Å². The molecule has 3 N–H and O–H groups in total. The van der Waals surface area contributed by atoms with Crippen molar-refractivity contribution in [3.8, 4) is 0 Å². The smallest absolute Gasteiger partial charge is 0.340 e. The lowest BCUT2D eigenvalue weighted by Gasteiger charge is -2.70. The molecule has 266 valence electrons. The highest BCUT2D eigenvalue weighted by Crippen LogP contribution is 2.79.